The fraction of sp³-hybridized carbons (Fsp3) is 0.556. The van der Waals surface area contributed by atoms with E-state index < -0.39 is 0 Å². The Morgan fingerprint density at radius 2 is 1.20 bits per heavy atom. The molecule has 0 radical (unpaired) electrons. The third-order valence-electron chi connectivity index (χ3n) is 1.19. The van der Waals surface area contributed by atoms with Gasteiger partial charge in [0.1, 0.15) is 0 Å². The Bertz CT molecular complexity index is 128. The summed E-state index contributed by atoms with van der Waals surface area (Å²) in [4.78, 5) is 0. The molecule has 0 unspecified atom stereocenters. The first-order valence-corrected chi connectivity index (χ1v) is 3.82. The monoisotopic (exact) mass is 136 g/mol. The summed E-state index contributed by atoms with van der Waals surface area (Å²) in [6.07, 6.45) is 0. The topological polar surface area (TPSA) is 0 Å². The second-order valence-corrected chi connectivity index (χ2v) is 3.35. The van der Waals surface area contributed by atoms with Crippen molar-refractivity contribution in [3.8, 4) is 0 Å². The van der Waals surface area contributed by atoms with Gasteiger partial charge in [0.2, 0.25) is 0 Å². The normalized spacial score (nSPS) is 8.50. The predicted molar refractivity (Wildman–Crippen MR) is 50.5 cm³/mol. The highest BCUT2D eigenvalue weighted by Crippen LogP contribution is 1.98. The van der Waals surface area contributed by atoms with E-state index in [1.165, 1.54) is 11.1 Å². The SMILES string of the molecule is CB(C=C(C)C)C=C(C)C. The van der Waals surface area contributed by atoms with Crippen LogP contribution in [0.3, 0.4) is 0 Å². The first kappa shape index (κ1) is 9.54. The lowest BCUT2D eigenvalue weighted by atomic mass is 9.51. The maximum absolute atomic E-state index is 2.27. The molecule has 0 aliphatic carbocycles. The summed E-state index contributed by atoms with van der Waals surface area (Å²) in [7, 11) is 0. The zero-order valence-corrected chi connectivity index (χ0v) is 7.73. The second kappa shape index (κ2) is 4.37. The number of hydrogen-bond donors (Lipinski definition) is 0. The lowest BCUT2D eigenvalue weighted by Gasteiger charge is -1.96. The molecule has 0 aliphatic heterocycles. The van der Waals surface area contributed by atoms with E-state index in [9.17, 15) is 0 Å². The molecule has 0 spiro atoms. The van der Waals surface area contributed by atoms with Crippen molar-refractivity contribution in [3.63, 3.8) is 0 Å². The minimum atomic E-state index is 0.593. The average Bonchev–Trinajstić information content (AvgIpc) is 1.58. The molecular formula is C9H17B. The maximum atomic E-state index is 2.27. The Kier molecular flexibility index (Phi) is 4.18. The van der Waals surface area contributed by atoms with Crippen molar-refractivity contribution in [3.05, 3.63) is 23.1 Å². The molecule has 0 rings (SSSR count). The molecule has 0 bridgehead atoms. The van der Waals surface area contributed by atoms with E-state index >= 15 is 0 Å². The number of allylic oxidation sites excluding steroid dienone is 2. The summed E-state index contributed by atoms with van der Waals surface area (Å²) in [5.41, 5.74) is 2.79. The lowest BCUT2D eigenvalue weighted by Crippen LogP contribution is -1.99. The molecule has 0 aromatic carbocycles. The third-order valence-corrected chi connectivity index (χ3v) is 1.19. The molecule has 0 amide bonds. The van der Waals surface area contributed by atoms with Crippen LogP contribution in [0.4, 0.5) is 0 Å². The van der Waals surface area contributed by atoms with Gasteiger partial charge in [-0.25, -0.2) is 0 Å². The van der Waals surface area contributed by atoms with Gasteiger partial charge in [0.05, 0.1) is 0 Å². The average molecular weight is 136 g/mol. The van der Waals surface area contributed by atoms with Crippen LogP contribution < -0.4 is 0 Å². The van der Waals surface area contributed by atoms with E-state index in [0.717, 1.165) is 0 Å². The van der Waals surface area contributed by atoms with Gasteiger partial charge >= 0.3 is 0 Å². The van der Waals surface area contributed by atoms with E-state index in [0.29, 0.717) is 6.71 Å². The van der Waals surface area contributed by atoms with Crippen LogP contribution in [-0.2, 0) is 0 Å². The van der Waals surface area contributed by atoms with Crippen LogP contribution in [0, 0.1) is 0 Å². The van der Waals surface area contributed by atoms with Crippen LogP contribution in [0.5, 0.6) is 0 Å². The summed E-state index contributed by atoms with van der Waals surface area (Å²) in [5, 5.41) is 0. The van der Waals surface area contributed by atoms with Crippen molar-refractivity contribution in [1.82, 2.24) is 0 Å². The number of hydrogen-bond acceptors (Lipinski definition) is 0. The fourth-order valence-electron chi connectivity index (χ4n) is 1.10. The maximum Gasteiger partial charge on any atom is 0.188 e. The molecule has 0 saturated heterocycles. The van der Waals surface area contributed by atoms with E-state index in [-0.39, 0.29) is 0 Å². The molecule has 56 valence electrons. The van der Waals surface area contributed by atoms with Gasteiger partial charge in [-0.1, -0.05) is 18.0 Å². The molecule has 0 atom stereocenters. The van der Waals surface area contributed by atoms with Crippen molar-refractivity contribution in [2.24, 2.45) is 0 Å². The van der Waals surface area contributed by atoms with Gasteiger partial charge in [-0.2, -0.15) is 0 Å². The van der Waals surface area contributed by atoms with E-state index in [4.69, 9.17) is 0 Å². The first-order valence-electron chi connectivity index (χ1n) is 3.82. The minimum Gasteiger partial charge on any atom is -0.112 e. The molecule has 0 fully saturated rings. The van der Waals surface area contributed by atoms with Crippen molar-refractivity contribution < 1.29 is 0 Å². The van der Waals surface area contributed by atoms with Crippen LogP contribution in [0.15, 0.2) is 23.1 Å². The summed E-state index contributed by atoms with van der Waals surface area (Å²) >= 11 is 0. The Morgan fingerprint density at radius 3 is 1.40 bits per heavy atom. The second-order valence-electron chi connectivity index (χ2n) is 3.35. The lowest BCUT2D eigenvalue weighted by molar-refractivity contribution is 1.39. The van der Waals surface area contributed by atoms with Crippen molar-refractivity contribution in [2.45, 2.75) is 34.5 Å². The quantitative estimate of drug-likeness (QED) is 0.511. The smallest absolute Gasteiger partial charge is 0.112 e. The zero-order valence-electron chi connectivity index (χ0n) is 7.73. The predicted octanol–water partition coefficient (Wildman–Crippen LogP) is 3.12. The molecule has 0 aliphatic rings. The van der Waals surface area contributed by atoms with Crippen LogP contribution in [0.25, 0.3) is 0 Å². The van der Waals surface area contributed by atoms with E-state index in [1.807, 2.05) is 0 Å². The Morgan fingerprint density at radius 1 is 0.900 bits per heavy atom. The Balaban J connectivity index is 3.99. The number of rotatable bonds is 2. The molecule has 0 heterocycles. The van der Waals surface area contributed by atoms with E-state index in [2.05, 4.69) is 46.5 Å². The largest absolute Gasteiger partial charge is 0.188 e. The first-order chi connectivity index (χ1) is 4.52. The molecular weight excluding hydrogens is 119 g/mol. The van der Waals surface area contributed by atoms with Crippen molar-refractivity contribution >= 4 is 6.71 Å². The van der Waals surface area contributed by atoms with Gasteiger partial charge < -0.3 is 0 Å². The van der Waals surface area contributed by atoms with Crippen LogP contribution in [-0.4, -0.2) is 6.71 Å². The summed E-state index contributed by atoms with van der Waals surface area (Å²) < 4.78 is 0. The van der Waals surface area contributed by atoms with Crippen molar-refractivity contribution in [2.75, 3.05) is 0 Å². The highest BCUT2D eigenvalue weighted by molar-refractivity contribution is 6.68. The van der Waals surface area contributed by atoms with E-state index in [1.54, 1.807) is 0 Å². The van der Waals surface area contributed by atoms with Gasteiger partial charge in [-0.15, -0.1) is 12.0 Å². The van der Waals surface area contributed by atoms with Gasteiger partial charge in [0, 0.05) is 0 Å². The Labute approximate surface area is 65.1 Å². The van der Waals surface area contributed by atoms with Crippen LogP contribution >= 0.6 is 0 Å². The van der Waals surface area contributed by atoms with Crippen molar-refractivity contribution in [1.29, 1.82) is 0 Å². The van der Waals surface area contributed by atoms with Gasteiger partial charge in [0.25, 0.3) is 0 Å². The molecule has 1 heteroatoms. The fourth-order valence-corrected chi connectivity index (χ4v) is 1.10. The zero-order chi connectivity index (χ0) is 8.15. The third kappa shape index (κ3) is 5.68. The van der Waals surface area contributed by atoms with Crippen LogP contribution in [0.1, 0.15) is 27.7 Å². The summed E-state index contributed by atoms with van der Waals surface area (Å²) in [6, 6.07) is 0. The molecule has 0 nitrogen and oxygen atoms in total. The molecule has 0 saturated carbocycles. The molecule has 0 N–H and O–H groups in total. The Hall–Kier alpha value is -0.455. The summed E-state index contributed by atoms with van der Waals surface area (Å²) in [6.45, 7) is 11.3. The van der Waals surface area contributed by atoms with Gasteiger partial charge in [-0.05, 0) is 27.7 Å². The summed E-state index contributed by atoms with van der Waals surface area (Å²) in [5.74, 6) is 4.54. The highest BCUT2D eigenvalue weighted by atomic mass is 13.7. The van der Waals surface area contributed by atoms with Crippen LogP contribution in [0.2, 0.25) is 6.82 Å². The highest BCUT2D eigenvalue weighted by Gasteiger charge is 1.95. The minimum absolute atomic E-state index is 0.593. The van der Waals surface area contributed by atoms with Gasteiger partial charge in [-0.3, -0.25) is 0 Å². The molecule has 10 heavy (non-hydrogen) atoms. The van der Waals surface area contributed by atoms with Gasteiger partial charge in [0.15, 0.2) is 6.71 Å². The molecule has 0 aromatic rings. The standard InChI is InChI=1S/C9H17B/c1-8(2)6-10(5)7-9(3)4/h6-7H,1-5H3. The molecule has 0 aromatic heterocycles.